The van der Waals surface area contributed by atoms with Crippen molar-refractivity contribution in [2.45, 2.75) is 45.0 Å². The van der Waals surface area contributed by atoms with Crippen LogP contribution in [-0.2, 0) is 19.1 Å². The van der Waals surface area contributed by atoms with E-state index in [2.05, 4.69) is 9.47 Å². The Hall–Kier alpha value is -1.10. The molecule has 1 N–H and O–H groups in total. The van der Waals surface area contributed by atoms with Crippen LogP contribution in [0.15, 0.2) is 0 Å². The predicted molar refractivity (Wildman–Crippen MR) is 45.9 cm³/mol. The van der Waals surface area contributed by atoms with Crippen molar-refractivity contribution in [1.29, 1.82) is 0 Å². The fourth-order valence-corrected chi connectivity index (χ4v) is 1.26. The molecule has 1 fully saturated rings. The van der Waals surface area contributed by atoms with Crippen molar-refractivity contribution in [1.82, 2.24) is 0 Å². The van der Waals surface area contributed by atoms with Crippen LogP contribution in [-0.4, -0.2) is 23.0 Å². The fraction of sp³-hybridized carbons (Fsp3) is 0.778. The second-order valence-corrected chi connectivity index (χ2v) is 3.41. The Labute approximate surface area is 82.0 Å². The Morgan fingerprint density at radius 1 is 1.07 bits per heavy atom. The summed E-state index contributed by atoms with van der Waals surface area (Å²) in [6.07, 6.45) is 2.61. The zero-order valence-corrected chi connectivity index (χ0v) is 8.12. The average Bonchev–Trinajstić information content (AvgIpc) is 2.00. The smallest absolute Gasteiger partial charge is 0.370 e. The van der Waals surface area contributed by atoms with Crippen molar-refractivity contribution in [3.8, 4) is 0 Å². The van der Waals surface area contributed by atoms with Gasteiger partial charge in [-0.15, -0.1) is 0 Å². The quantitative estimate of drug-likeness (QED) is 0.585. The van der Waals surface area contributed by atoms with Crippen LogP contribution in [0.25, 0.3) is 0 Å². The third-order valence-corrected chi connectivity index (χ3v) is 1.87. The van der Waals surface area contributed by atoms with E-state index in [0.29, 0.717) is 12.8 Å². The second kappa shape index (κ2) is 4.41. The first-order chi connectivity index (χ1) is 6.49. The Bertz CT molecular complexity index is 211. The normalized spacial score (nSPS) is 23.6. The molecule has 0 aromatic heterocycles. The average molecular weight is 202 g/mol. The number of cyclic esters (lactones) is 2. The van der Waals surface area contributed by atoms with Crippen molar-refractivity contribution in [2.75, 3.05) is 0 Å². The highest BCUT2D eigenvalue weighted by atomic mass is 16.8. The van der Waals surface area contributed by atoms with E-state index in [4.69, 9.17) is 0 Å². The van der Waals surface area contributed by atoms with E-state index in [9.17, 15) is 14.7 Å². The fourth-order valence-electron chi connectivity index (χ4n) is 1.26. The highest BCUT2D eigenvalue weighted by Crippen LogP contribution is 2.16. The van der Waals surface area contributed by atoms with E-state index in [0.717, 1.165) is 13.3 Å². The van der Waals surface area contributed by atoms with Gasteiger partial charge in [-0.1, -0.05) is 6.42 Å². The SMILES string of the molecule is CC1(O)OC(=O)CCCCCC(=O)O1. The molecule has 0 atom stereocenters. The molecule has 0 unspecified atom stereocenters. The summed E-state index contributed by atoms with van der Waals surface area (Å²) in [7, 11) is 0. The maximum absolute atomic E-state index is 11.0. The Balaban J connectivity index is 2.59. The van der Waals surface area contributed by atoms with Gasteiger partial charge in [0.25, 0.3) is 0 Å². The Morgan fingerprint density at radius 2 is 1.50 bits per heavy atom. The molecule has 0 aromatic carbocycles. The number of esters is 2. The molecule has 14 heavy (non-hydrogen) atoms. The zero-order chi connectivity index (χ0) is 10.6. The molecule has 1 saturated heterocycles. The molecule has 1 aliphatic heterocycles. The standard InChI is InChI=1S/C9H14O5/c1-9(12)13-7(10)5-3-2-4-6-8(11)14-9/h12H,2-6H2,1H3. The highest BCUT2D eigenvalue weighted by molar-refractivity contribution is 5.72. The summed E-state index contributed by atoms with van der Waals surface area (Å²) < 4.78 is 9.12. The maximum atomic E-state index is 11.0. The summed E-state index contributed by atoms with van der Waals surface area (Å²) >= 11 is 0. The van der Waals surface area contributed by atoms with Gasteiger partial charge in [0, 0.05) is 19.8 Å². The first-order valence-electron chi connectivity index (χ1n) is 4.66. The minimum atomic E-state index is -2.12. The molecule has 0 saturated carbocycles. The van der Waals surface area contributed by atoms with Gasteiger partial charge in [-0.25, -0.2) is 0 Å². The Kier molecular flexibility index (Phi) is 3.46. The van der Waals surface area contributed by atoms with Crippen molar-refractivity contribution >= 4 is 11.9 Å². The lowest BCUT2D eigenvalue weighted by Crippen LogP contribution is -2.37. The number of ether oxygens (including phenoxy) is 2. The topological polar surface area (TPSA) is 72.8 Å². The van der Waals surface area contributed by atoms with Crippen LogP contribution >= 0.6 is 0 Å². The molecule has 5 heteroatoms. The zero-order valence-electron chi connectivity index (χ0n) is 8.12. The predicted octanol–water partition coefficient (Wildman–Crippen LogP) is 0.703. The number of hydrogen-bond donors (Lipinski definition) is 1. The highest BCUT2D eigenvalue weighted by Gasteiger charge is 2.30. The van der Waals surface area contributed by atoms with Crippen LogP contribution in [0.4, 0.5) is 0 Å². The number of rotatable bonds is 0. The first-order valence-corrected chi connectivity index (χ1v) is 4.66. The molecule has 0 bridgehead atoms. The van der Waals surface area contributed by atoms with E-state index >= 15 is 0 Å². The first kappa shape index (κ1) is 11.0. The van der Waals surface area contributed by atoms with Gasteiger partial charge in [0.2, 0.25) is 0 Å². The van der Waals surface area contributed by atoms with E-state index in [1.165, 1.54) is 0 Å². The third-order valence-electron chi connectivity index (χ3n) is 1.87. The molecular formula is C9H14O5. The monoisotopic (exact) mass is 202 g/mol. The van der Waals surface area contributed by atoms with Crippen LogP contribution in [0.5, 0.6) is 0 Å². The van der Waals surface area contributed by atoms with Crippen LogP contribution in [0, 0.1) is 0 Å². The summed E-state index contributed by atoms with van der Waals surface area (Å²) in [5, 5.41) is 9.35. The van der Waals surface area contributed by atoms with Crippen molar-refractivity contribution in [3.05, 3.63) is 0 Å². The lowest BCUT2D eigenvalue weighted by molar-refractivity contribution is -0.314. The summed E-state index contributed by atoms with van der Waals surface area (Å²) in [6, 6.07) is 0. The number of carbonyl (C=O) groups is 2. The lowest BCUT2D eigenvalue weighted by Gasteiger charge is -2.23. The molecule has 1 heterocycles. The molecule has 0 radical (unpaired) electrons. The van der Waals surface area contributed by atoms with Gasteiger partial charge in [0.05, 0.1) is 0 Å². The third kappa shape index (κ3) is 3.74. The van der Waals surface area contributed by atoms with E-state index in [-0.39, 0.29) is 12.8 Å². The van der Waals surface area contributed by atoms with Crippen molar-refractivity contribution < 1.29 is 24.2 Å². The van der Waals surface area contributed by atoms with Gasteiger partial charge >= 0.3 is 17.9 Å². The summed E-state index contributed by atoms with van der Waals surface area (Å²) in [5.74, 6) is -3.22. The number of aliphatic hydroxyl groups is 1. The van der Waals surface area contributed by atoms with E-state index < -0.39 is 17.9 Å². The molecular weight excluding hydrogens is 188 g/mol. The molecule has 0 aliphatic carbocycles. The summed E-state index contributed by atoms with van der Waals surface area (Å²) in [4.78, 5) is 22.1. The maximum Gasteiger partial charge on any atom is 0.370 e. The van der Waals surface area contributed by atoms with Gasteiger partial charge < -0.3 is 14.6 Å². The van der Waals surface area contributed by atoms with Crippen LogP contribution in [0.1, 0.15) is 39.0 Å². The molecule has 1 aliphatic rings. The van der Waals surface area contributed by atoms with Gasteiger partial charge in [0.15, 0.2) is 0 Å². The molecule has 1 rings (SSSR count). The molecule has 0 amide bonds. The molecule has 0 aromatic rings. The molecule has 80 valence electrons. The van der Waals surface area contributed by atoms with Crippen LogP contribution < -0.4 is 0 Å². The second-order valence-electron chi connectivity index (χ2n) is 3.41. The Morgan fingerprint density at radius 3 is 1.93 bits per heavy atom. The van der Waals surface area contributed by atoms with Gasteiger partial charge in [-0.05, 0) is 12.8 Å². The number of hydrogen-bond acceptors (Lipinski definition) is 5. The summed E-state index contributed by atoms with van der Waals surface area (Å²) in [5.41, 5.74) is 0. The van der Waals surface area contributed by atoms with Crippen LogP contribution in [0.3, 0.4) is 0 Å². The largest absolute Gasteiger partial charge is 0.398 e. The van der Waals surface area contributed by atoms with Gasteiger partial charge in [-0.2, -0.15) is 0 Å². The summed E-state index contributed by atoms with van der Waals surface area (Å²) in [6.45, 7) is 1.13. The van der Waals surface area contributed by atoms with Crippen molar-refractivity contribution in [3.63, 3.8) is 0 Å². The van der Waals surface area contributed by atoms with E-state index in [1.807, 2.05) is 0 Å². The van der Waals surface area contributed by atoms with E-state index in [1.54, 1.807) is 0 Å². The van der Waals surface area contributed by atoms with Crippen molar-refractivity contribution in [2.24, 2.45) is 0 Å². The number of carbonyl (C=O) groups excluding carboxylic acids is 2. The van der Waals surface area contributed by atoms with Gasteiger partial charge in [-0.3, -0.25) is 9.59 Å². The lowest BCUT2D eigenvalue weighted by atomic mass is 10.1. The molecule has 5 nitrogen and oxygen atoms in total. The minimum absolute atomic E-state index is 0.244. The van der Waals surface area contributed by atoms with Crippen LogP contribution in [0.2, 0.25) is 0 Å². The minimum Gasteiger partial charge on any atom is -0.398 e. The molecule has 0 spiro atoms. The van der Waals surface area contributed by atoms with Gasteiger partial charge in [0.1, 0.15) is 0 Å².